The Balaban J connectivity index is 1.55. The second-order valence-electron chi connectivity index (χ2n) is 6.55. The van der Waals surface area contributed by atoms with E-state index in [1.165, 1.54) is 6.42 Å². The molecule has 3 rings (SSSR count). The molecule has 1 N–H and O–H groups in total. The van der Waals surface area contributed by atoms with Gasteiger partial charge in [0.25, 0.3) is 5.91 Å². The molecule has 1 aromatic rings. The maximum Gasteiger partial charge on any atom is 0.272 e. The molecule has 0 aromatic carbocycles. The first-order valence-corrected chi connectivity index (χ1v) is 8.44. The molecule has 6 heteroatoms. The fourth-order valence-electron chi connectivity index (χ4n) is 3.50. The van der Waals surface area contributed by atoms with Gasteiger partial charge in [-0.3, -0.25) is 4.79 Å². The Morgan fingerprint density at radius 3 is 2.82 bits per heavy atom. The van der Waals surface area contributed by atoms with E-state index in [0.717, 1.165) is 58.5 Å². The minimum absolute atomic E-state index is 0.112. The minimum Gasteiger partial charge on any atom is -0.341 e. The maximum atomic E-state index is 12.6. The normalized spacial score (nSPS) is 24.6. The number of H-pyrrole nitrogens is 1. The third-order valence-electron chi connectivity index (χ3n) is 4.99. The van der Waals surface area contributed by atoms with Gasteiger partial charge in [0.15, 0.2) is 0 Å². The molecule has 1 amide bonds. The van der Waals surface area contributed by atoms with E-state index in [4.69, 9.17) is 0 Å². The molecule has 6 nitrogen and oxygen atoms in total. The molecule has 0 radical (unpaired) electrons. The second-order valence-corrected chi connectivity index (χ2v) is 6.55. The zero-order chi connectivity index (χ0) is 15.4. The Bertz CT molecular complexity index is 467. The van der Waals surface area contributed by atoms with Crippen LogP contribution < -0.4 is 0 Å². The highest BCUT2D eigenvalue weighted by atomic mass is 16.2. The van der Waals surface area contributed by atoms with Crippen molar-refractivity contribution in [2.75, 3.05) is 46.3 Å². The van der Waals surface area contributed by atoms with Crippen LogP contribution in [0.3, 0.4) is 0 Å². The first-order chi connectivity index (χ1) is 10.7. The van der Waals surface area contributed by atoms with Gasteiger partial charge in [-0.15, -0.1) is 0 Å². The van der Waals surface area contributed by atoms with Gasteiger partial charge in [0, 0.05) is 45.3 Å². The summed E-state index contributed by atoms with van der Waals surface area (Å²) in [6, 6.07) is 0.379. The molecule has 0 unspecified atom stereocenters. The Morgan fingerprint density at radius 2 is 2.09 bits per heavy atom. The van der Waals surface area contributed by atoms with Crippen LogP contribution in [0, 0.1) is 0 Å². The van der Waals surface area contributed by atoms with Crippen molar-refractivity contribution in [3.8, 4) is 0 Å². The van der Waals surface area contributed by atoms with Crippen molar-refractivity contribution in [1.82, 2.24) is 24.7 Å². The van der Waals surface area contributed by atoms with E-state index in [2.05, 4.69) is 31.7 Å². The summed E-state index contributed by atoms with van der Waals surface area (Å²) in [5.74, 6) is 0.112. The number of piperidine rings is 1. The first-order valence-electron chi connectivity index (χ1n) is 8.44. The van der Waals surface area contributed by atoms with Gasteiger partial charge < -0.3 is 19.7 Å². The van der Waals surface area contributed by atoms with E-state index in [-0.39, 0.29) is 5.91 Å². The monoisotopic (exact) mass is 305 g/mol. The first kappa shape index (κ1) is 15.5. The van der Waals surface area contributed by atoms with Crippen LogP contribution in [0.2, 0.25) is 0 Å². The summed E-state index contributed by atoms with van der Waals surface area (Å²) in [6.07, 6.45) is 7.78. The van der Waals surface area contributed by atoms with E-state index in [1.54, 1.807) is 12.5 Å². The van der Waals surface area contributed by atoms with Crippen LogP contribution in [0.25, 0.3) is 0 Å². The molecule has 22 heavy (non-hydrogen) atoms. The molecular formula is C16H27N5O. The molecule has 2 saturated heterocycles. The van der Waals surface area contributed by atoms with E-state index >= 15 is 0 Å². The summed E-state index contributed by atoms with van der Waals surface area (Å²) >= 11 is 0. The Morgan fingerprint density at radius 1 is 1.27 bits per heavy atom. The summed E-state index contributed by atoms with van der Waals surface area (Å²) in [7, 11) is 2.18. The topological polar surface area (TPSA) is 55.5 Å². The maximum absolute atomic E-state index is 12.6. The van der Waals surface area contributed by atoms with Gasteiger partial charge in [-0.2, -0.15) is 0 Å². The number of carbonyl (C=O) groups is 1. The number of piperazine rings is 1. The average molecular weight is 305 g/mol. The summed E-state index contributed by atoms with van der Waals surface area (Å²) in [4.78, 5) is 26.5. The number of aromatic nitrogens is 2. The lowest BCUT2D eigenvalue weighted by Crippen LogP contribution is -2.48. The van der Waals surface area contributed by atoms with Crippen molar-refractivity contribution >= 4 is 5.91 Å². The number of amides is 1. The number of nitrogens with zero attached hydrogens (tertiary/aromatic N) is 4. The third-order valence-corrected chi connectivity index (χ3v) is 4.99. The number of carbonyl (C=O) groups excluding carboxylic acids is 1. The highest BCUT2D eigenvalue weighted by Gasteiger charge is 2.28. The van der Waals surface area contributed by atoms with Crippen molar-refractivity contribution in [2.24, 2.45) is 0 Å². The van der Waals surface area contributed by atoms with Crippen LogP contribution in [-0.4, -0.2) is 82.9 Å². The molecule has 0 bridgehead atoms. The van der Waals surface area contributed by atoms with E-state index < -0.39 is 0 Å². The van der Waals surface area contributed by atoms with Crippen LogP contribution in [0.1, 0.15) is 36.2 Å². The molecule has 3 heterocycles. The molecule has 1 atom stereocenters. The Labute approximate surface area is 132 Å². The number of hydrogen-bond acceptors (Lipinski definition) is 4. The van der Waals surface area contributed by atoms with Gasteiger partial charge >= 0.3 is 0 Å². The van der Waals surface area contributed by atoms with Crippen LogP contribution >= 0.6 is 0 Å². The van der Waals surface area contributed by atoms with E-state index in [9.17, 15) is 4.79 Å². The fourth-order valence-corrected chi connectivity index (χ4v) is 3.50. The number of nitrogens with one attached hydrogen (secondary N) is 1. The summed E-state index contributed by atoms with van der Waals surface area (Å²) in [6.45, 7) is 6.59. The molecule has 0 saturated carbocycles. The van der Waals surface area contributed by atoms with Crippen LogP contribution in [0.5, 0.6) is 0 Å². The molecule has 0 aliphatic carbocycles. The summed E-state index contributed by atoms with van der Waals surface area (Å²) in [5, 5.41) is 0. The SMILES string of the molecule is CN1CCN(CC[C@@H]2CCCCN2C(=O)c2cnc[nH]2)CC1. The van der Waals surface area contributed by atoms with Gasteiger partial charge in [0.2, 0.25) is 0 Å². The van der Waals surface area contributed by atoms with Crippen molar-refractivity contribution in [1.29, 1.82) is 0 Å². The number of imidazole rings is 1. The zero-order valence-electron chi connectivity index (χ0n) is 13.5. The third kappa shape index (κ3) is 3.67. The predicted octanol–water partition coefficient (Wildman–Crippen LogP) is 1.04. The van der Waals surface area contributed by atoms with Crippen LogP contribution in [0.15, 0.2) is 12.5 Å². The van der Waals surface area contributed by atoms with Gasteiger partial charge in [-0.05, 0) is 32.7 Å². The van der Waals surface area contributed by atoms with E-state index in [0.29, 0.717) is 11.7 Å². The van der Waals surface area contributed by atoms with Crippen molar-refractivity contribution in [3.05, 3.63) is 18.2 Å². The zero-order valence-corrected chi connectivity index (χ0v) is 13.5. The molecule has 122 valence electrons. The highest BCUT2D eigenvalue weighted by Crippen LogP contribution is 2.22. The molecule has 1 aromatic heterocycles. The number of aromatic amines is 1. The molecule has 2 aliphatic heterocycles. The number of likely N-dealkylation sites (tertiary alicyclic amines) is 1. The molecule has 0 spiro atoms. The second kappa shape index (κ2) is 7.24. The van der Waals surface area contributed by atoms with Gasteiger partial charge in [-0.25, -0.2) is 4.98 Å². The van der Waals surface area contributed by atoms with Crippen molar-refractivity contribution < 1.29 is 4.79 Å². The minimum atomic E-state index is 0.112. The average Bonchev–Trinajstić information content (AvgIpc) is 3.08. The van der Waals surface area contributed by atoms with Gasteiger partial charge in [0.1, 0.15) is 5.69 Å². The van der Waals surface area contributed by atoms with Crippen LogP contribution in [-0.2, 0) is 0 Å². The lowest BCUT2D eigenvalue weighted by Gasteiger charge is -2.38. The van der Waals surface area contributed by atoms with Crippen LogP contribution in [0.4, 0.5) is 0 Å². The molecular weight excluding hydrogens is 278 g/mol. The fraction of sp³-hybridized carbons (Fsp3) is 0.750. The van der Waals surface area contributed by atoms with Crippen molar-refractivity contribution in [3.63, 3.8) is 0 Å². The molecule has 2 aliphatic rings. The predicted molar refractivity (Wildman–Crippen MR) is 85.8 cm³/mol. The lowest BCUT2D eigenvalue weighted by molar-refractivity contribution is 0.0564. The van der Waals surface area contributed by atoms with Gasteiger partial charge in [0.05, 0.1) is 12.5 Å². The van der Waals surface area contributed by atoms with E-state index in [1.807, 2.05) is 0 Å². The highest BCUT2D eigenvalue weighted by molar-refractivity contribution is 5.92. The Hall–Kier alpha value is -1.40. The quantitative estimate of drug-likeness (QED) is 0.903. The number of hydrogen-bond donors (Lipinski definition) is 1. The lowest BCUT2D eigenvalue weighted by atomic mass is 9.98. The van der Waals surface area contributed by atoms with Gasteiger partial charge in [-0.1, -0.05) is 0 Å². The number of rotatable bonds is 4. The van der Waals surface area contributed by atoms with Crippen molar-refractivity contribution in [2.45, 2.75) is 31.7 Å². The largest absolute Gasteiger partial charge is 0.341 e. The standard InChI is InChI=1S/C16H27N5O/c1-19-8-10-20(11-9-19)7-5-14-4-2-3-6-21(14)16(22)15-12-17-13-18-15/h12-14H,2-11H2,1H3,(H,17,18)/t14-/m0/s1. The molecule has 2 fully saturated rings. The summed E-state index contributed by atoms with van der Waals surface area (Å²) < 4.78 is 0. The smallest absolute Gasteiger partial charge is 0.272 e. The number of likely N-dealkylation sites (N-methyl/N-ethyl adjacent to an activating group) is 1. The Kier molecular flexibility index (Phi) is 5.10. The summed E-state index contributed by atoms with van der Waals surface area (Å²) in [5.41, 5.74) is 0.617.